The molecule has 0 spiro atoms. The minimum absolute atomic E-state index is 0.0394. The molecule has 4 unspecified atom stereocenters. The van der Waals surface area contributed by atoms with Gasteiger partial charge < -0.3 is 34.7 Å². The molecule has 2 aromatic rings. The van der Waals surface area contributed by atoms with E-state index in [1.54, 1.807) is 45.4 Å². The minimum Gasteiger partial charge on any atom is -0.491 e. The molecule has 0 aliphatic carbocycles. The lowest BCUT2D eigenvalue weighted by Crippen LogP contribution is -2.38. The zero-order chi connectivity index (χ0) is 39.6. The molecule has 2 bridgehead atoms. The predicted molar refractivity (Wildman–Crippen MR) is 212 cm³/mol. The monoisotopic (exact) mass is 784 g/mol. The summed E-state index contributed by atoms with van der Waals surface area (Å²) in [4.78, 5) is 43.6. The second kappa shape index (κ2) is 18.8. The Morgan fingerprint density at radius 1 is 1.20 bits per heavy atom. The minimum atomic E-state index is -4.01. The number of nitrogens with one attached hydrogen (secondary N) is 3. The van der Waals surface area contributed by atoms with E-state index in [-0.39, 0.29) is 28.9 Å². The molecule has 0 aromatic heterocycles. The fourth-order valence-corrected chi connectivity index (χ4v) is 8.13. The average molecular weight is 785 g/mol. The van der Waals surface area contributed by atoms with Crippen molar-refractivity contribution in [3.8, 4) is 5.75 Å². The molecule has 0 radical (unpaired) electrons. The van der Waals surface area contributed by atoms with Gasteiger partial charge in [0.05, 0.1) is 29.4 Å². The smallest absolute Gasteiger partial charge is 0.409 e. The molecular weight excluding hydrogens is 732 g/mol. The van der Waals surface area contributed by atoms with Crippen LogP contribution in [0.5, 0.6) is 5.75 Å². The summed E-state index contributed by atoms with van der Waals surface area (Å²) in [6.07, 6.45) is 7.55. The predicted octanol–water partition coefficient (Wildman–Crippen LogP) is 6.26. The Kier molecular flexibility index (Phi) is 14.7. The zero-order valence-corrected chi connectivity index (χ0v) is 33.7. The van der Waals surface area contributed by atoms with E-state index < -0.39 is 39.5 Å². The van der Waals surface area contributed by atoms with Crippen LogP contribution in [0, 0.1) is 11.3 Å². The molecule has 2 heterocycles. The van der Waals surface area contributed by atoms with Crippen molar-refractivity contribution in [1.82, 2.24) is 14.9 Å². The second-order valence-corrected chi connectivity index (χ2v) is 16.4. The molecule has 294 valence electrons. The average Bonchev–Trinajstić information content (AvgIpc) is 3.31. The van der Waals surface area contributed by atoms with Gasteiger partial charge in [0.25, 0.3) is 11.8 Å². The molecule has 4 atom stereocenters. The van der Waals surface area contributed by atoms with Gasteiger partial charge in [-0.3, -0.25) is 14.3 Å². The van der Waals surface area contributed by atoms with Crippen LogP contribution in [0.3, 0.4) is 0 Å². The van der Waals surface area contributed by atoms with Crippen LogP contribution < -0.4 is 19.7 Å². The number of amides is 3. The summed E-state index contributed by atoms with van der Waals surface area (Å²) in [5.41, 5.74) is 1.15. The van der Waals surface area contributed by atoms with Crippen molar-refractivity contribution >= 4 is 51.3 Å². The highest BCUT2D eigenvalue weighted by Gasteiger charge is 2.34. The summed E-state index contributed by atoms with van der Waals surface area (Å²) in [7, 11) is 0.809. The Morgan fingerprint density at radius 2 is 1.96 bits per heavy atom. The van der Waals surface area contributed by atoms with Crippen LogP contribution in [0.15, 0.2) is 69.6 Å². The van der Waals surface area contributed by atoms with Gasteiger partial charge >= 0.3 is 6.09 Å². The molecule has 54 heavy (non-hydrogen) atoms. The van der Waals surface area contributed by atoms with Gasteiger partial charge in [-0.2, -0.15) is 0 Å². The van der Waals surface area contributed by atoms with E-state index in [0.717, 1.165) is 30.2 Å². The molecule has 0 fully saturated rings. The molecule has 2 aliphatic heterocycles. The molecule has 15 heteroatoms. The van der Waals surface area contributed by atoms with Crippen molar-refractivity contribution in [2.45, 2.75) is 75.9 Å². The number of aryl methyl sites for hydroxylation is 1. The number of fused-ring (bicyclic) bond motifs is 1. The van der Waals surface area contributed by atoms with Crippen LogP contribution in [0.2, 0.25) is 5.02 Å². The van der Waals surface area contributed by atoms with Crippen molar-refractivity contribution < 1.29 is 32.8 Å². The first-order valence-corrected chi connectivity index (χ1v) is 20.1. The third-order valence-electron chi connectivity index (χ3n) is 9.44. The maximum Gasteiger partial charge on any atom is 0.409 e. The number of benzene rings is 2. The number of carbonyl (C=O) groups excluding carboxylic acids is 3. The van der Waals surface area contributed by atoms with E-state index >= 15 is 0 Å². The lowest BCUT2D eigenvalue weighted by Gasteiger charge is -2.31. The summed E-state index contributed by atoms with van der Waals surface area (Å²) in [6, 6.07) is 10.8. The largest absolute Gasteiger partial charge is 0.491 e. The third kappa shape index (κ3) is 10.4. The van der Waals surface area contributed by atoms with E-state index in [0.29, 0.717) is 49.0 Å². The van der Waals surface area contributed by atoms with Crippen molar-refractivity contribution in [1.29, 1.82) is 5.41 Å². The highest BCUT2D eigenvalue weighted by molar-refractivity contribution is 7.92. The van der Waals surface area contributed by atoms with E-state index in [2.05, 4.69) is 26.2 Å². The number of hydrogen-bond donors (Lipinski definition) is 3. The van der Waals surface area contributed by atoms with E-state index in [9.17, 15) is 18.6 Å². The number of carbonyl (C=O) groups is 3. The second-order valence-electron chi connectivity index (χ2n) is 14.0. The van der Waals surface area contributed by atoms with Gasteiger partial charge in [-0.15, -0.1) is 4.36 Å². The first-order valence-electron chi connectivity index (χ1n) is 18.2. The van der Waals surface area contributed by atoms with E-state index in [1.165, 1.54) is 31.0 Å². The van der Waals surface area contributed by atoms with E-state index in [4.69, 9.17) is 31.2 Å². The third-order valence-corrected chi connectivity index (χ3v) is 11.5. The number of ether oxygens (including phenoxy) is 3. The summed E-state index contributed by atoms with van der Waals surface area (Å²) in [5, 5.41) is 11.1. The standard InChI is InChI=1S/C39H53ClN6O7S/c1-8-11-27-20-30(40)13-15-32(27)29-24-46-18-17-26(9-2)34(53-38(49)45(6)7)12-10-19-52-39(3,4)37(48)44-54(50,43-36(47)28(22-41)23-42-5)31-14-16-35(51-25-29)33(46)21-31/h10,12-16,20-23,26,29,34,41-42H,8-9,11,17-19,24-25H2,1-7H3,(H,43,44,47,48,50)/b12-10+,28-23+,41-22?. The van der Waals surface area contributed by atoms with Crippen molar-refractivity contribution in [2.24, 2.45) is 10.3 Å². The van der Waals surface area contributed by atoms with Gasteiger partial charge in [-0.05, 0) is 80.6 Å². The van der Waals surface area contributed by atoms with Gasteiger partial charge in [-0.25, -0.2) is 9.00 Å². The Balaban J connectivity index is 1.92. The van der Waals surface area contributed by atoms with E-state index in [1.807, 2.05) is 25.1 Å². The van der Waals surface area contributed by atoms with Crippen LogP contribution in [0.1, 0.15) is 64.0 Å². The quantitative estimate of drug-likeness (QED) is 0.151. The maximum atomic E-state index is 15.0. The lowest BCUT2D eigenvalue weighted by molar-refractivity contribution is -0.137. The Hall–Kier alpha value is -4.40. The fourth-order valence-electron chi connectivity index (χ4n) is 6.32. The number of nitrogens with zero attached hydrogens (tertiary/aromatic N) is 3. The molecule has 4 rings (SSSR count). The summed E-state index contributed by atoms with van der Waals surface area (Å²) in [6.45, 7) is 8.47. The van der Waals surface area contributed by atoms with Crippen LogP contribution in [-0.4, -0.2) is 92.4 Å². The first-order chi connectivity index (χ1) is 25.7. The fraction of sp³-hybridized carbons (Fsp3) is 0.487. The number of rotatable bonds is 9. The van der Waals surface area contributed by atoms with Crippen molar-refractivity contribution in [3.63, 3.8) is 0 Å². The first kappa shape index (κ1) is 42.3. The number of hydrogen-bond acceptors (Lipinski definition) is 10. The Labute approximate surface area is 324 Å². The summed E-state index contributed by atoms with van der Waals surface area (Å²) < 4.78 is 39.9. The van der Waals surface area contributed by atoms with Crippen LogP contribution in [-0.2, 0) is 35.4 Å². The zero-order valence-electron chi connectivity index (χ0n) is 32.1. The lowest BCUT2D eigenvalue weighted by atomic mass is 9.91. The van der Waals surface area contributed by atoms with Crippen LogP contribution in [0.4, 0.5) is 10.5 Å². The van der Waals surface area contributed by atoms with Gasteiger partial charge in [0.1, 0.15) is 17.5 Å². The van der Waals surface area contributed by atoms with Crippen LogP contribution >= 0.6 is 11.6 Å². The highest BCUT2D eigenvalue weighted by atomic mass is 35.5. The molecule has 3 N–H and O–H groups in total. The molecule has 0 saturated heterocycles. The molecule has 0 saturated carbocycles. The molecule has 2 aromatic carbocycles. The Morgan fingerprint density at radius 3 is 2.63 bits per heavy atom. The Bertz CT molecular complexity index is 1890. The topological polar surface area (TPSA) is 163 Å². The molecular formula is C39H53ClN6O7S. The highest BCUT2D eigenvalue weighted by Crippen LogP contribution is 2.39. The van der Waals surface area contributed by atoms with Crippen LogP contribution in [0.25, 0.3) is 0 Å². The normalized spacial score (nSPS) is 23.9. The molecule has 3 amide bonds. The number of anilines is 1. The summed E-state index contributed by atoms with van der Waals surface area (Å²) >= 11 is 6.44. The van der Waals surface area contributed by atoms with Crippen molar-refractivity contribution in [2.75, 3.05) is 52.3 Å². The van der Waals surface area contributed by atoms with Gasteiger partial charge in [-0.1, -0.05) is 44.0 Å². The number of halogens is 1. The van der Waals surface area contributed by atoms with Gasteiger partial charge in [0, 0.05) is 63.5 Å². The molecule has 2 aliphatic rings. The van der Waals surface area contributed by atoms with Gasteiger partial charge in [0.15, 0.2) is 9.92 Å². The summed E-state index contributed by atoms with van der Waals surface area (Å²) in [5.74, 6) is -1.41. The van der Waals surface area contributed by atoms with Crippen molar-refractivity contribution in [3.05, 3.63) is 76.5 Å². The molecule has 13 nitrogen and oxygen atoms in total. The van der Waals surface area contributed by atoms with Gasteiger partial charge in [0.2, 0.25) is 0 Å². The SMILES string of the molecule is CCCc1cc(Cl)ccc1C1COc2ccc3cc2N(CCC(CC)C(OC(=O)N(C)C)/C=C/COC(C)(C)C(=O)N=S3(=O)NC(=O)/C(C=N)=C/NC)C1. The maximum absolute atomic E-state index is 15.0.